The van der Waals surface area contributed by atoms with Crippen molar-refractivity contribution in [2.75, 3.05) is 20.3 Å². The van der Waals surface area contributed by atoms with Gasteiger partial charge in [0.05, 0.1) is 17.2 Å². The molecule has 15 heavy (non-hydrogen) atoms. The molecule has 1 N–H and O–H groups in total. The number of benzene rings is 1. The van der Waals surface area contributed by atoms with Crippen molar-refractivity contribution in [1.29, 1.82) is 0 Å². The van der Waals surface area contributed by atoms with Crippen LogP contribution in [0.15, 0.2) is 18.2 Å². The van der Waals surface area contributed by atoms with Gasteiger partial charge in [-0.15, -0.1) is 0 Å². The van der Waals surface area contributed by atoms with E-state index in [1.807, 2.05) is 0 Å². The first-order chi connectivity index (χ1) is 7.15. The summed E-state index contributed by atoms with van der Waals surface area (Å²) in [5.41, 5.74) is 0.145. The SMILES string of the molecule is COCCOc1cc(C(=O)O)ccc1Cl. The number of carboxylic acid groups (broad SMARTS) is 1. The fraction of sp³-hybridized carbons (Fsp3) is 0.300. The average molecular weight is 231 g/mol. The molecule has 1 rings (SSSR count). The molecule has 0 bridgehead atoms. The van der Waals surface area contributed by atoms with Gasteiger partial charge in [0.2, 0.25) is 0 Å². The van der Waals surface area contributed by atoms with Crippen LogP contribution in [0.25, 0.3) is 0 Å². The molecule has 0 saturated heterocycles. The second kappa shape index (κ2) is 5.58. The van der Waals surface area contributed by atoms with Gasteiger partial charge in [-0.1, -0.05) is 11.6 Å². The van der Waals surface area contributed by atoms with E-state index in [1.54, 1.807) is 7.11 Å². The van der Waals surface area contributed by atoms with Crippen LogP contribution in [0.1, 0.15) is 10.4 Å². The first-order valence-corrected chi connectivity index (χ1v) is 4.67. The van der Waals surface area contributed by atoms with Gasteiger partial charge in [0.25, 0.3) is 0 Å². The van der Waals surface area contributed by atoms with Crippen LogP contribution in [-0.2, 0) is 4.74 Å². The van der Waals surface area contributed by atoms with Gasteiger partial charge in [0.1, 0.15) is 12.4 Å². The molecule has 1 aromatic carbocycles. The topological polar surface area (TPSA) is 55.8 Å². The van der Waals surface area contributed by atoms with Crippen molar-refractivity contribution in [3.05, 3.63) is 28.8 Å². The second-order valence-corrected chi connectivity index (χ2v) is 3.20. The van der Waals surface area contributed by atoms with Crippen molar-refractivity contribution >= 4 is 17.6 Å². The molecule has 4 nitrogen and oxygen atoms in total. The summed E-state index contributed by atoms with van der Waals surface area (Å²) in [6, 6.07) is 4.31. The lowest BCUT2D eigenvalue weighted by Crippen LogP contribution is -2.05. The van der Waals surface area contributed by atoms with E-state index in [9.17, 15) is 4.79 Å². The molecule has 82 valence electrons. The van der Waals surface area contributed by atoms with E-state index >= 15 is 0 Å². The molecule has 1 aromatic rings. The fourth-order valence-corrected chi connectivity index (χ4v) is 1.15. The number of methoxy groups -OCH3 is 1. The maximum Gasteiger partial charge on any atom is 0.335 e. The smallest absolute Gasteiger partial charge is 0.335 e. The number of carboxylic acids is 1. The van der Waals surface area contributed by atoms with E-state index in [2.05, 4.69) is 0 Å². The van der Waals surface area contributed by atoms with Crippen LogP contribution in [0.2, 0.25) is 5.02 Å². The van der Waals surface area contributed by atoms with Crippen molar-refractivity contribution in [2.45, 2.75) is 0 Å². The summed E-state index contributed by atoms with van der Waals surface area (Å²) >= 11 is 5.82. The molecular formula is C10H11ClO4. The second-order valence-electron chi connectivity index (χ2n) is 2.79. The molecule has 0 unspecified atom stereocenters. The molecule has 0 fully saturated rings. The minimum Gasteiger partial charge on any atom is -0.490 e. The molecule has 0 aliphatic rings. The highest BCUT2D eigenvalue weighted by molar-refractivity contribution is 6.32. The number of hydrogen-bond acceptors (Lipinski definition) is 3. The Kier molecular flexibility index (Phi) is 4.39. The average Bonchev–Trinajstić information content (AvgIpc) is 2.20. The Balaban J connectivity index is 2.76. The van der Waals surface area contributed by atoms with Gasteiger partial charge in [-0.25, -0.2) is 4.79 Å². The summed E-state index contributed by atoms with van der Waals surface area (Å²) in [5.74, 6) is -0.656. The number of halogens is 1. The molecule has 0 spiro atoms. The standard InChI is InChI=1S/C10H11ClO4/c1-14-4-5-15-9-6-7(10(12)13)2-3-8(9)11/h2-3,6H,4-5H2,1H3,(H,12,13). The maximum absolute atomic E-state index is 10.7. The number of hydrogen-bond donors (Lipinski definition) is 1. The maximum atomic E-state index is 10.7. The molecule has 0 saturated carbocycles. The van der Waals surface area contributed by atoms with E-state index in [4.69, 9.17) is 26.2 Å². The van der Waals surface area contributed by atoms with Crippen molar-refractivity contribution in [1.82, 2.24) is 0 Å². The van der Waals surface area contributed by atoms with Gasteiger partial charge in [-0.05, 0) is 18.2 Å². The summed E-state index contributed by atoms with van der Waals surface area (Å²) in [5, 5.41) is 9.13. The van der Waals surface area contributed by atoms with Gasteiger partial charge in [0.15, 0.2) is 0 Å². The van der Waals surface area contributed by atoms with Gasteiger partial charge < -0.3 is 14.6 Å². The van der Waals surface area contributed by atoms with E-state index < -0.39 is 5.97 Å². The Bertz CT molecular complexity index is 351. The number of ether oxygens (including phenoxy) is 2. The highest BCUT2D eigenvalue weighted by Crippen LogP contribution is 2.25. The van der Waals surface area contributed by atoms with Crippen LogP contribution in [0.4, 0.5) is 0 Å². The predicted molar refractivity (Wildman–Crippen MR) is 55.8 cm³/mol. The van der Waals surface area contributed by atoms with Crippen LogP contribution < -0.4 is 4.74 Å². The summed E-state index contributed by atoms with van der Waals surface area (Å²) in [6.45, 7) is 0.757. The van der Waals surface area contributed by atoms with Crippen LogP contribution in [0.5, 0.6) is 5.75 Å². The summed E-state index contributed by atoms with van der Waals surface area (Å²) in [4.78, 5) is 10.7. The van der Waals surface area contributed by atoms with Crippen molar-refractivity contribution in [2.24, 2.45) is 0 Å². The van der Waals surface area contributed by atoms with E-state index in [0.29, 0.717) is 24.0 Å². The zero-order chi connectivity index (χ0) is 11.3. The molecule has 0 aliphatic heterocycles. The number of carbonyl (C=O) groups is 1. The van der Waals surface area contributed by atoms with Gasteiger partial charge >= 0.3 is 5.97 Å². The van der Waals surface area contributed by atoms with Gasteiger partial charge in [0, 0.05) is 7.11 Å². The minimum absolute atomic E-state index is 0.145. The monoisotopic (exact) mass is 230 g/mol. The third kappa shape index (κ3) is 3.42. The van der Waals surface area contributed by atoms with E-state index in [1.165, 1.54) is 18.2 Å². The largest absolute Gasteiger partial charge is 0.490 e. The highest BCUT2D eigenvalue weighted by Gasteiger charge is 2.07. The van der Waals surface area contributed by atoms with Gasteiger partial charge in [-0.3, -0.25) is 0 Å². The normalized spacial score (nSPS) is 10.0. The molecule has 0 atom stereocenters. The van der Waals surface area contributed by atoms with Crippen LogP contribution in [-0.4, -0.2) is 31.4 Å². The zero-order valence-electron chi connectivity index (χ0n) is 8.20. The third-order valence-corrected chi connectivity index (χ3v) is 2.04. The molecule has 5 heteroatoms. The lowest BCUT2D eigenvalue weighted by Gasteiger charge is -2.07. The molecule has 0 radical (unpaired) electrons. The van der Waals surface area contributed by atoms with Crippen LogP contribution in [0.3, 0.4) is 0 Å². The Hall–Kier alpha value is -1.26. The lowest BCUT2D eigenvalue weighted by atomic mass is 10.2. The summed E-state index contributed by atoms with van der Waals surface area (Å²) < 4.78 is 10.0. The van der Waals surface area contributed by atoms with Crippen molar-refractivity contribution in [3.63, 3.8) is 0 Å². The van der Waals surface area contributed by atoms with Crippen molar-refractivity contribution in [3.8, 4) is 5.75 Å². The van der Waals surface area contributed by atoms with Gasteiger partial charge in [-0.2, -0.15) is 0 Å². The summed E-state index contributed by atoms with van der Waals surface area (Å²) in [7, 11) is 1.55. The highest BCUT2D eigenvalue weighted by atomic mass is 35.5. The summed E-state index contributed by atoms with van der Waals surface area (Å²) in [6.07, 6.45) is 0. The van der Waals surface area contributed by atoms with E-state index in [0.717, 1.165) is 0 Å². The molecule has 0 aromatic heterocycles. The Morgan fingerprint density at radius 1 is 1.47 bits per heavy atom. The Labute approximate surface area is 92.4 Å². The molecular weight excluding hydrogens is 220 g/mol. The van der Waals surface area contributed by atoms with Crippen LogP contribution in [0, 0.1) is 0 Å². The zero-order valence-corrected chi connectivity index (χ0v) is 8.95. The molecule has 0 heterocycles. The Morgan fingerprint density at radius 3 is 2.80 bits per heavy atom. The first kappa shape index (κ1) is 11.8. The van der Waals surface area contributed by atoms with Crippen molar-refractivity contribution < 1.29 is 19.4 Å². The molecule has 0 aliphatic carbocycles. The first-order valence-electron chi connectivity index (χ1n) is 4.29. The number of rotatable bonds is 5. The minimum atomic E-state index is -1.01. The predicted octanol–water partition coefficient (Wildman–Crippen LogP) is 2.06. The molecule has 0 amide bonds. The van der Waals surface area contributed by atoms with E-state index in [-0.39, 0.29) is 5.56 Å². The Morgan fingerprint density at radius 2 is 2.20 bits per heavy atom. The lowest BCUT2D eigenvalue weighted by molar-refractivity contribution is 0.0696. The third-order valence-electron chi connectivity index (χ3n) is 1.72. The van der Waals surface area contributed by atoms with Crippen LogP contribution >= 0.6 is 11.6 Å². The number of aromatic carboxylic acids is 1. The fourth-order valence-electron chi connectivity index (χ4n) is 0.982. The quantitative estimate of drug-likeness (QED) is 0.787.